The standard InChI is InChI=1S/C19H23N3O3/c1-13(15-7-6-14-4-2-3-5-16(14)10-15)22-19(25)17(11-20)12-21-9-8-18(23)24/h6-7,10,12-13,21H,2-5,8-9H2,1H3,(H,22,25)(H,23,24)/b17-12-. The average Bonchev–Trinajstić information content (AvgIpc) is 2.60. The zero-order chi connectivity index (χ0) is 18.2. The van der Waals surface area contributed by atoms with E-state index in [0.717, 1.165) is 18.4 Å². The fourth-order valence-corrected chi connectivity index (χ4v) is 2.88. The second-order valence-corrected chi connectivity index (χ2v) is 6.20. The highest BCUT2D eigenvalue weighted by Crippen LogP contribution is 2.24. The summed E-state index contributed by atoms with van der Waals surface area (Å²) in [5.41, 5.74) is 3.67. The van der Waals surface area contributed by atoms with Gasteiger partial charge in [0.1, 0.15) is 11.6 Å². The molecule has 132 valence electrons. The molecule has 6 nitrogen and oxygen atoms in total. The SMILES string of the molecule is CC(NC(=O)/C(C#N)=C\NCCC(=O)O)c1ccc2c(c1)CCCC2. The lowest BCUT2D eigenvalue weighted by Gasteiger charge is -2.20. The van der Waals surface area contributed by atoms with Crippen LogP contribution in [-0.2, 0) is 22.4 Å². The second kappa shape index (κ2) is 8.88. The Morgan fingerprint density at radius 1 is 1.32 bits per heavy atom. The minimum Gasteiger partial charge on any atom is -0.481 e. The lowest BCUT2D eigenvalue weighted by molar-refractivity contribution is -0.136. The molecule has 0 fully saturated rings. The maximum Gasteiger partial charge on any atom is 0.305 e. The lowest BCUT2D eigenvalue weighted by atomic mass is 9.89. The Bertz CT molecular complexity index is 719. The third-order valence-corrected chi connectivity index (χ3v) is 4.31. The summed E-state index contributed by atoms with van der Waals surface area (Å²) in [7, 11) is 0. The number of nitrogens with one attached hydrogen (secondary N) is 2. The predicted molar refractivity (Wildman–Crippen MR) is 93.6 cm³/mol. The molecule has 6 heteroatoms. The van der Waals surface area contributed by atoms with Gasteiger partial charge in [-0.1, -0.05) is 18.2 Å². The average molecular weight is 341 g/mol. The molecular formula is C19H23N3O3. The smallest absolute Gasteiger partial charge is 0.305 e. The van der Waals surface area contributed by atoms with Crippen LogP contribution < -0.4 is 10.6 Å². The number of carbonyl (C=O) groups excluding carboxylic acids is 1. The van der Waals surface area contributed by atoms with Crippen LogP contribution in [0.1, 0.15) is 48.9 Å². The Hall–Kier alpha value is -2.81. The van der Waals surface area contributed by atoms with Crippen LogP contribution in [-0.4, -0.2) is 23.5 Å². The number of hydrogen-bond acceptors (Lipinski definition) is 4. The Morgan fingerprint density at radius 3 is 2.72 bits per heavy atom. The van der Waals surface area contributed by atoms with Gasteiger partial charge in [0.25, 0.3) is 5.91 Å². The molecule has 1 aliphatic carbocycles. The summed E-state index contributed by atoms with van der Waals surface area (Å²) >= 11 is 0. The molecule has 1 unspecified atom stereocenters. The molecule has 0 aliphatic heterocycles. The fourth-order valence-electron chi connectivity index (χ4n) is 2.88. The van der Waals surface area contributed by atoms with Crippen molar-refractivity contribution >= 4 is 11.9 Å². The van der Waals surface area contributed by atoms with Crippen molar-refractivity contribution in [3.8, 4) is 6.07 Å². The molecule has 25 heavy (non-hydrogen) atoms. The molecular weight excluding hydrogens is 318 g/mol. The summed E-state index contributed by atoms with van der Waals surface area (Å²) in [6, 6.07) is 7.91. The molecule has 1 atom stereocenters. The first kappa shape index (κ1) is 18.5. The zero-order valence-corrected chi connectivity index (χ0v) is 14.3. The number of hydrogen-bond donors (Lipinski definition) is 3. The van der Waals surface area contributed by atoms with Gasteiger partial charge in [-0.15, -0.1) is 0 Å². The van der Waals surface area contributed by atoms with Crippen LogP contribution in [0.25, 0.3) is 0 Å². The normalized spacial score (nSPS) is 14.8. The first-order valence-electron chi connectivity index (χ1n) is 8.49. The molecule has 0 saturated carbocycles. The van der Waals surface area contributed by atoms with Crippen LogP contribution in [0.2, 0.25) is 0 Å². The number of amides is 1. The van der Waals surface area contributed by atoms with Gasteiger partial charge in [0.15, 0.2) is 0 Å². The van der Waals surface area contributed by atoms with Crippen LogP contribution in [0.3, 0.4) is 0 Å². The number of aryl methyl sites for hydroxylation is 2. The van der Waals surface area contributed by atoms with Gasteiger partial charge >= 0.3 is 5.97 Å². The van der Waals surface area contributed by atoms with Gasteiger partial charge in [-0.2, -0.15) is 5.26 Å². The molecule has 0 heterocycles. The predicted octanol–water partition coefficient (Wildman–Crippen LogP) is 2.21. The lowest BCUT2D eigenvalue weighted by Crippen LogP contribution is -2.29. The fraction of sp³-hybridized carbons (Fsp3) is 0.421. The number of rotatable bonds is 7. The number of carbonyl (C=O) groups is 2. The quantitative estimate of drug-likeness (QED) is 0.401. The first-order chi connectivity index (χ1) is 12.0. The van der Waals surface area contributed by atoms with Crippen LogP contribution in [0.15, 0.2) is 30.0 Å². The molecule has 1 aromatic rings. The van der Waals surface area contributed by atoms with E-state index in [9.17, 15) is 9.59 Å². The molecule has 0 radical (unpaired) electrons. The maximum absolute atomic E-state index is 12.2. The van der Waals surface area contributed by atoms with Gasteiger partial charge in [-0.05, 0) is 49.3 Å². The molecule has 1 aliphatic rings. The molecule has 0 bridgehead atoms. The molecule has 0 saturated heterocycles. The molecule has 0 aromatic heterocycles. The van der Waals surface area contributed by atoms with Gasteiger partial charge in [0, 0.05) is 12.7 Å². The molecule has 2 rings (SSSR count). The molecule has 1 aromatic carbocycles. The van der Waals surface area contributed by atoms with Crippen molar-refractivity contribution in [3.05, 3.63) is 46.7 Å². The number of benzene rings is 1. The van der Waals surface area contributed by atoms with Crippen LogP contribution in [0.5, 0.6) is 0 Å². The second-order valence-electron chi connectivity index (χ2n) is 6.20. The first-order valence-corrected chi connectivity index (χ1v) is 8.49. The molecule has 0 spiro atoms. The Kier molecular flexibility index (Phi) is 6.58. The van der Waals surface area contributed by atoms with Gasteiger partial charge in [0.2, 0.25) is 0 Å². The molecule has 1 amide bonds. The number of carboxylic acid groups (broad SMARTS) is 1. The summed E-state index contributed by atoms with van der Waals surface area (Å²) in [5, 5.41) is 23.2. The van der Waals surface area contributed by atoms with Crippen LogP contribution >= 0.6 is 0 Å². The van der Waals surface area contributed by atoms with E-state index < -0.39 is 11.9 Å². The minimum absolute atomic E-state index is 0.0739. The summed E-state index contributed by atoms with van der Waals surface area (Å²) < 4.78 is 0. The van der Waals surface area contributed by atoms with E-state index in [1.165, 1.54) is 30.2 Å². The summed E-state index contributed by atoms with van der Waals surface area (Å²) in [4.78, 5) is 22.7. The van der Waals surface area contributed by atoms with Gasteiger partial charge < -0.3 is 15.7 Å². The van der Waals surface area contributed by atoms with E-state index in [1.54, 1.807) is 0 Å². The number of fused-ring (bicyclic) bond motifs is 1. The topological polar surface area (TPSA) is 102 Å². The number of nitrogens with zero attached hydrogens (tertiary/aromatic N) is 1. The summed E-state index contributed by atoms with van der Waals surface area (Å²) in [6.45, 7) is 2.05. The van der Waals surface area contributed by atoms with Crippen molar-refractivity contribution in [2.24, 2.45) is 0 Å². The number of aliphatic carboxylic acids is 1. The zero-order valence-electron chi connectivity index (χ0n) is 14.3. The van der Waals surface area contributed by atoms with Crippen molar-refractivity contribution in [3.63, 3.8) is 0 Å². The highest BCUT2D eigenvalue weighted by Gasteiger charge is 2.16. The van der Waals surface area contributed by atoms with Crippen molar-refractivity contribution < 1.29 is 14.7 Å². The Balaban J connectivity index is 1.97. The summed E-state index contributed by atoms with van der Waals surface area (Å²) in [6.07, 6.45) is 5.78. The van der Waals surface area contributed by atoms with Crippen LogP contribution in [0.4, 0.5) is 0 Å². The Morgan fingerprint density at radius 2 is 2.04 bits per heavy atom. The van der Waals surface area contributed by atoms with E-state index in [1.807, 2.05) is 19.1 Å². The van der Waals surface area contributed by atoms with E-state index >= 15 is 0 Å². The van der Waals surface area contributed by atoms with Crippen molar-refractivity contribution in [2.45, 2.75) is 45.1 Å². The monoisotopic (exact) mass is 341 g/mol. The molecule has 3 N–H and O–H groups in total. The number of carboxylic acids is 1. The van der Waals surface area contributed by atoms with Gasteiger partial charge in [0.05, 0.1) is 12.5 Å². The highest BCUT2D eigenvalue weighted by atomic mass is 16.4. The van der Waals surface area contributed by atoms with Crippen molar-refractivity contribution in [1.29, 1.82) is 5.26 Å². The van der Waals surface area contributed by atoms with E-state index in [-0.39, 0.29) is 24.6 Å². The van der Waals surface area contributed by atoms with E-state index in [4.69, 9.17) is 10.4 Å². The minimum atomic E-state index is -0.940. The van der Waals surface area contributed by atoms with Gasteiger partial charge in [-0.25, -0.2) is 0 Å². The van der Waals surface area contributed by atoms with E-state index in [2.05, 4.69) is 22.8 Å². The third kappa shape index (κ3) is 5.35. The Labute approximate surface area is 147 Å². The highest BCUT2D eigenvalue weighted by molar-refractivity contribution is 5.97. The number of nitriles is 1. The summed E-state index contributed by atoms with van der Waals surface area (Å²) in [5.74, 6) is -1.42. The maximum atomic E-state index is 12.2. The van der Waals surface area contributed by atoms with Crippen LogP contribution in [0, 0.1) is 11.3 Å². The van der Waals surface area contributed by atoms with Gasteiger partial charge in [-0.3, -0.25) is 9.59 Å². The van der Waals surface area contributed by atoms with Crippen molar-refractivity contribution in [2.75, 3.05) is 6.54 Å². The van der Waals surface area contributed by atoms with Crippen molar-refractivity contribution in [1.82, 2.24) is 10.6 Å². The largest absolute Gasteiger partial charge is 0.481 e. The third-order valence-electron chi connectivity index (χ3n) is 4.31. The van der Waals surface area contributed by atoms with E-state index in [0.29, 0.717) is 0 Å².